The number of nitrogens with one attached hydrogen (secondary N) is 3. The number of anilines is 2. The van der Waals surface area contributed by atoms with Gasteiger partial charge in [-0.3, -0.25) is 10.1 Å². The monoisotopic (exact) mass is 342 g/mol. The van der Waals surface area contributed by atoms with E-state index >= 15 is 0 Å². The fraction of sp³-hybridized carbons (Fsp3) is 0.118. The summed E-state index contributed by atoms with van der Waals surface area (Å²) in [6.07, 6.45) is -0.641. The number of benzene rings is 2. The number of nitrogens with zero attached hydrogens (tertiary/aromatic N) is 1. The normalized spacial score (nSPS) is 10.5. The van der Waals surface area contributed by atoms with E-state index in [1.54, 1.807) is 24.3 Å². The van der Waals surface area contributed by atoms with Gasteiger partial charge in [0, 0.05) is 18.2 Å². The molecule has 8 heteroatoms. The van der Waals surface area contributed by atoms with Crippen LogP contribution in [0.2, 0.25) is 0 Å². The molecule has 3 N–H and O–H groups in total. The number of carbonyl (C=O) groups excluding carboxylic acids is 2. The quantitative estimate of drug-likeness (QED) is 0.679. The average molecular weight is 342 g/mol. The zero-order valence-corrected chi connectivity index (χ0v) is 13.5. The number of methoxy groups -OCH3 is 1. The van der Waals surface area contributed by atoms with Crippen LogP contribution < -0.4 is 10.6 Å². The van der Waals surface area contributed by atoms with Crippen molar-refractivity contribution in [3.63, 3.8) is 0 Å². The van der Waals surface area contributed by atoms with Gasteiger partial charge in [0.15, 0.2) is 0 Å². The number of amides is 2. The highest BCUT2D eigenvalue weighted by Gasteiger charge is 2.13. The summed E-state index contributed by atoms with van der Waals surface area (Å²) in [5.74, 6) is -0.226. The Morgan fingerprint density at radius 3 is 2.68 bits per heavy atom. The maximum atomic E-state index is 13.4. The standard InChI is InChI=1S/C17H15FN4O3/c1-9(23)19-13-7-12(20-17(24)25-2)8-14-15(13)22-16(21-14)10-4-3-5-11(18)6-10/h3-8H,1-2H3,(H,19,23)(H,20,24)(H,21,22). The Morgan fingerprint density at radius 1 is 1.20 bits per heavy atom. The largest absolute Gasteiger partial charge is 0.453 e. The number of fused-ring (bicyclic) bond motifs is 1. The van der Waals surface area contributed by atoms with Crippen molar-refractivity contribution < 1.29 is 18.7 Å². The molecular weight excluding hydrogens is 327 g/mol. The molecule has 0 fully saturated rings. The number of halogens is 1. The number of hydrogen-bond acceptors (Lipinski definition) is 4. The number of aromatic amines is 1. The summed E-state index contributed by atoms with van der Waals surface area (Å²) in [6, 6.07) is 9.20. The van der Waals surface area contributed by atoms with Gasteiger partial charge in [0.2, 0.25) is 5.91 Å². The fourth-order valence-corrected chi connectivity index (χ4v) is 2.42. The average Bonchev–Trinajstić information content (AvgIpc) is 2.98. The van der Waals surface area contributed by atoms with Crippen molar-refractivity contribution in [3.05, 3.63) is 42.2 Å². The Hall–Kier alpha value is -3.42. The van der Waals surface area contributed by atoms with Crippen molar-refractivity contribution >= 4 is 34.4 Å². The van der Waals surface area contributed by atoms with Crippen molar-refractivity contribution in [3.8, 4) is 11.4 Å². The van der Waals surface area contributed by atoms with E-state index in [1.165, 1.54) is 26.2 Å². The zero-order chi connectivity index (χ0) is 18.0. The highest BCUT2D eigenvalue weighted by molar-refractivity contribution is 6.02. The Labute approximate surface area is 142 Å². The van der Waals surface area contributed by atoms with Crippen LogP contribution in [0.5, 0.6) is 0 Å². The second kappa shape index (κ2) is 6.60. The van der Waals surface area contributed by atoms with Gasteiger partial charge >= 0.3 is 6.09 Å². The molecule has 0 spiro atoms. The van der Waals surface area contributed by atoms with E-state index in [0.717, 1.165) is 0 Å². The Balaban J connectivity index is 2.12. The molecule has 3 rings (SSSR count). The topological polar surface area (TPSA) is 96.1 Å². The maximum absolute atomic E-state index is 13.4. The number of aromatic nitrogens is 2. The molecule has 0 aliphatic carbocycles. The molecule has 7 nitrogen and oxygen atoms in total. The lowest BCUT2D eigenvalue weighted by atomic mass is 10.2. The predicted octanol–water partition coefficient (Wildman–Crippen LogP) is 3.51. The van der Waals surface area contributed by atoms with Gasteiger partial charge in [-0.1, -0.05) is 12.1 Å². The van der Waals surface area contributed by atoms with Crippen LogP contribution in [0.3, 0.4) is 0 Å². The minimum atomic E-state index is -0.641. The number of H-pyrrole nitrogens is 1. The number of imidazole rings is 1. The molecule has 0 bridgehead atoms. The van der Waals surface area contributed by atoms with E-state index < -0.39 is 6.09 Å². The van der Waals surface area contributed by atoms with Gasteiger partial charge in [0.1, 0.15) is 17.2 Å². The van der Waals surface area contributed by atoms with Gasteiger partial charge in [-0.2, -0.15) is 0 Å². The molecule has 0 aliphatic heterocycles. The third-order valence-corrected chi connectivity index (χ3v) is 3.43. The summed E-state index contributed by atoms with van der Waals surface area (Å²) in [4.78, 5) is 30.4. The van der Waals surface area contributed by atoms with Gasteiger partial charge in [-0.05, 0) is 24.3 Å². The van der Waals surface area contributed by atoms with E-state index in [-0.39, 0.29) is 11.7 Å². The summed E-state index contributed by atoms with van der Waals surface area (Å²) in [5, 5.41) is 5.20. The first kappa shape index (κ1) is 16.4. The van der Waals surface area contributed by atoms with E-state index in [0.29, 0.717) is 33.8 Å². The molecule has 0 radical (unpaired) electrons. The highest BCUT2D eigenvalue weighted by atomic mass is 19.1. The summed E-state index contributed by atoms with van der Waals surface area (Å²) in [7, 11) is 1.25. The predicted molar refractivity (Wildman–Crippen MR) is 91.8 cm³/mol. The van der Waals surface area contributed by atoms with Crippen molar-refractivity contribution in [2.75, 3.05) is 17.7 Å². The molecule has 1 aromatic heterocycles. The first-order valence-corrected chi connectivity index (χ1v) is 7.38. The molecule has 0 atom stereocenters. The maximum Gasteiger partial charge on any atom is 0.411 e. The Morgan fingerprint density at radius 2 is 2.00 bits per heavy atom. The van der Waals surface area contributed by atoms with Gasteiger partial charge < -0.3 is 15.0 Å². The first-order valence-electron chi connectivity index (χ1n) is 7.38. The smallest absolute Gasteiger partial charge is 0.411 e. The fourth-order valence-electron chi connectivity index (χ4n) is 2.42. The van der Waals surface area contributed by atoms with E-state index in [1.807, 2.05) is 0 Å². The Kier molecular flexibility index (Phi) is 4.34. The molecule has 0 unspecified atom stereocenters. The van der Waals surface area contributed by atoms with Gasteiger partial charge in [-0.15, -0.1) is 0 Å². The summed E-state index contributed by atoms with van der Waals surface area (Å²) >= 11 is 0. The van der Waals surface area contributed by atoms with Gasteiger partial charge in [0.25, 0.3) is 0 Å². The van der Waals surface area contributed by atoms with E-state index in [9.17, 15) is 14.0 Å². The molecular formula is C17H15FN4O3. The van der Waals surface area contributed by atoms with Crippen LogP contribution in [-0.4, -0.2) is 29.1 Å². The van der Waals surface area contributed by atoms with Crippen LogP contribution in [0.15, 0.2) is 36.4 Å². The molecule has 0 saturated carbocycles. The molecule has 25 heavy (non-hydrogen) atoms. The number of rotatable bonds is 3. The van der Waals surface area contributed by atoms with Crippen LogP contribution in [0.25, 0.3) is 22.4 Å². The lowest BCUT2D eigenvalue weighted by Gasteiger charge is -2.08. The summed E-state index contributed by atoms with van der Waals surface area (Å²) in [6.45, 7) is 1.37. The van der Waals surface area contributed by atoms with Crippen molar-refractivity contribution in [2.24, 2.45) is 0 Å². The van der Waals surface area contributed by atoms with Crippen LogP contribution in [-0.2, 0) is 9.53 Å². The van der Waals surface area contributed by atoms with Crippen molar-refractivity contribution in [1.82, 2.24) is 9.97 Å². The summed E-state index contributed by atoms with van der Waals surface area (Å²) in [5.41, 5.74) is 2.45. The van der Waals surface area contributed by atoms with Gasteiger partial charge in [0.05, 0.1) is 18.3 Å². The second-order valence-corrected chi connectivity index (χ2v) is 5.31. The molecule has 3 aromatic rings. The van der Waals surface area contributed by atoms with Crippen LogP contribution in [0.4, 0.5) is 20.6 Å². The van der Waals surface area contributed by atoms with Crippen molar-refractivity contribution in [2.45, 2.75) is 6.92 Å². The first-order chi connectivity index (χ1) is 12.0. The Bertz CT molecular complexity index is 968. The number of ether oxygens (including phenoxy) is 1. The highest BCUT2D eigenvalue weighted by Crippen LogP contribution is 2.30. The zero-order valence-electron chi connectivity index (χ0n) is 13.5. The number of carbonyl (C=O) groups is 2. The van der Waals surface area contributed by atoms with Gasteiger partial charge in [-0.25, -0.2) is 14.2 Å². The van der Waals surface area contributed by atoms with Crippen LogP contribution >= 0.6 is 0 Å². The molecule has 2 amide bonds. The van der Waals surface area contributed by atoms with Crippen molar-refractivity contribution in [1.29, 1.82) is 0 Å². The number of hydrogen-bond donors (Lipinski definition) is 3. The van der Waals surface area contributed by atoms with Crippen LogP contribution in [0.1, 0.15) is 6.92 Å². The van der Waals surface area contributed by atoms with E-state index in [2.05, 4.69) is 25.3 Å². The summed E-state index contributed by atoms with van der Waals surface area (Å²) < 4.78 is 18.0. The molecule has 0 aliphatic rings. The minimum absolute atomic E-state index is 0.285. The van der Waals surface area contributed by atoms with E-state index in [4.69, 9.17) is 0 Å². The lowest BCUT2D eigenvalue weighted by Crippen LogP contribution is -2.12. The third-order valence-electron chi connectivity index (χ3n) is 3.43. The second-order valence-electron chi connectivity index (χ2n) is 5.31. The molecule has 2 aromatic carbocycles. The minimum Gasteiger partial charge on any atom is -0.453 e. The molecule has 0 saturated heterocycles. The lowest BCUT2D eigenvalue weighted by molar-refractivity contribution is -0.114. The molecule has 1 heterocycles. The third kappa shape index (κ3) is 3.57. The molecule has 128 valence electrons. The van der Waals surface area contributed by atoms with Crippen LogP contribution in [0, 0.1) is 5.82 Å². The SMILES string of the molecule is COC(=O)Nc1cc(NC(C)=O)c2nc(-c3cccc(F)c3)[nH]c2c1.